The van der Waals surface area contributed by atoms with Crippen LogP contribution in [0.4, 0.5) is 5.69 Å². The molecule has 0 aliphatic carbocycles. The Morgan fingerprint density at radius 1 is 1.25 bits per heavy atom. The zero-order valence-corrected chi connectivity index (χ0v) is 10.00. The lowest BCUT2D eigenvalue weighted by Crippen LogP contribution is -1.99. The quantitative estimate of drug-likeness (QED) is 0.815. The summed E-state index contributed by atoms with van der Waals surface area (Å²) in [5, 5.41) is 3.38. The van der Waals surface area contributed by atoms with E-state index < -0.39 is 0 Å². The molecular formula is C13H14N2S. The van der Waals surface area contributed by atoms with Gasteiger partial charge in [0.1, 0.15) is 0 Å². The number of anilines is 1. The Morgan fingerprint density at radius 2 is 2.19 bits per heavy atom. The van der Waals surface area contributed by atoms with Crippen LogP contribution in [-0.4, -0.2) is 11.2 Å². The van der Waals surface area contributed by atoms with Gasteiger partial charge in [0.2, 0.25) is 0 Å². The van der Waals surface area contributed by atoms with E-state index in [1.165, 1.54) is 10.5 Å². The number of rotatable bonds is 4. The number of nitrogens with zero attached hydrogens (tertiary/aromatic N) is 1. The number of pyridine rings is 1. The van der Waals surface area contributed by atoms with Gasteiger partial charge in [-0.1, -0.05) is 12.1 Å². The van der Waals surface area contributed by atoms with Crippen molar-refractivity contribution < 1.29 is 0 Å². The molecule has 0 bridgehead atoms. The van der Waals surface area contributed by atoms with Gasteiger partial charge in [-0.25, -0.2) is 0 Å². The van der Waals surface area contributed by atoms with E-state index in [0.717, 1.165) is 12.2 Å². The molecule has 3 heteroatoms. The minimum atomic E-state index is 0.811. The van der Waals surface area contributed by atoms with Crippen molar-refractivity contribution in [1.29, 1.82) is 0 Å². The standard InChI is InChI=1S/C13H14N2S/c1-16-13-6-2-5-12(8-13)15-10-11-4-3-7-14-9-11/h2-9,15H,10H2,1H3. The third-order valence-corrected chi connectivity index (χ3v) is 3.01. The van der Waals surface area contributed by atoms with Gasteiger partial charge in [0.25, 0.3) is 0 Å². The Morgan fingerprint density at radius 3 is 2.94 bits per heavy atom. The lowest BCUT2D eigenvalue weighted by molar-refractivity contribution is 1.11. The molecular weight excluding hydrogens is 216 g/mol. The van der Waals surface area contributed by atoms with E-state index in [0.29, 0.717) is 0 Å². The van der Waals surface area contributed by atoms with E-state index in [-0.39, 0.29) is 0 Å². The number of hydrogen-bond acceptors (Lipinski definition) is 3. The van der Waals surface area contributed by atoms with E-state index in [1.54, 1.807) is 18.0 Å². The summed E-state index contributed by atoms with van der Waals surface area (Å²) in [6.45, 7) is 0.811. The minimum Gasteiger partial charge on any atom is -0.381 e. The molecule has 2 nitrogen and oxygen atoms in total. The second-order valence-electron chi connectivity index (χ2n) is 3.45. The molecule has 0 saturated carbocycles. The highest BCUT2D eigenvalue weighted by Gasteiger charge is 1.95. The first kappa shape index (κ1) is 11.0. The average Bonchev–Trinajstić information content (AvgIpc) is 2.38. The smallest absolute Gasteiger partial charge is 0.0416 e. The summed E-state index contributed by atoms with van der Waals surface area (Å²) < 4.78 is 0. The normalized spacial score (nSPS) is 10.1. The van der Waals surface area contributed by atoms with E-state index >= 15 is 0 Å². The number of thioether (sulfide) groups is 1. The van der Waals surface area contributed by atoms with Crippen LogP contribution in [-0.2, 0) is 6.54 Å². The lowest BCUT2D eigenvalue weighted by Gasteiger charge is -2.07. The van der Waals surface area contributed by atoms with Gasteiger partial charge in [-0.3, -0.25) is 4.98 Å². The summed E-state index contributed by atoms with van der Waals surface area (Å²) in [4.78, 5) is 5.36. The second kappa shape index (κ2) is 5.56. The van der Waals surface area contributed by atoms with Crippen LogP contribution >= 0.6 is 11.8 Å². The predicted molar refractivity (Wildman–Crippen MR) is 69.8 cm³/mol. The molecule has 0 saturated heterocycles. The maximum Gasteiger partial charge on any atom is 0.0416 e. The van der Waals surface area contributed by atoms with Gasteiger partial charge in [-0.2, -0.15) is 0 Å². The molecule has 82 valence electrons. The largest absolute Gasteiger partial charge is 0.381 e. The summed E-state index contributed by atoms with van der Waals surface area (Å²) in [6, 6.07) is 12.4. The molecule has 0 fully saturated rings. The third kappa shape index (κ3) is 3.00. The van der Waals surface area contributed by atoms with Crippen molar-refractivity contribution in [1.82, 2.24) is 4.98 Å². The van der Waals surface area contributed by atoms with Crippen molar-refractivity contribution in [3.05, 3.63) is 54.4 Å². The summed E-state index contributed by atoms with van der Waals surface area (Å²) >= 11 is 1.75. The molecule has 1 heterocycles. The fraction of sp³-hybridized carbons (Fsp3) is 0.154. The van der Waals surface area contributed by atoms with Crippen LogP contribution in [0.25, 0.3) is 0 Å². The van der Waals surface area contributed by atoms with Crippen molar-refractivity contribution in [2.24, 2.45) is 0 Å². The summed E-state index contributed by atoms with van der Waals surface area (Å²) in [6.07, 6.45) is 5.75. The molecule has 1 N–H and O–H groups in total. The monoisotopic (exact) mass is 230 g/mol. The summed E-state index contributed by atoms with van der Waals surface area (Å²) in [5.74, 6) is 0. The van der Waals surface area contributed by atoms with Crippen molar-refractivity contribution in [3.63, 3.8) is 0 Å². The molecule has 16 heavy (non-hydrogen) atoms. The van der Waals surface area contributed by atoms with E-state index in [1.807, 2.05) is 12.3 Å². The summed E-state index contributed by atoms with van der Waals surface area (Å²) in [7, 11) is 0. The number of aromatic nitrogens is 1. The highest BCUT2D eigenvalue weighted by molar-refractivity contribution is 7.98. The van der Waals surface area contributed by atoms with Crippen LogP contribution in [0, 0.1) is 0 Å². The molecule has 1 aromatic heterocycles. The van der Waals surface area contributed by atoms with Crippen molar-refractivity contribution >= 4 is 17.4 Å². The highest BCUT2D eigenvalue weighted by Crippen LogP contribution is 2.19. The van der Waals surface area contributed by atoms with Crippen LogP contribution in [0.1, 0.15) is 5.56 Å². The van der Waals surface area contributed by atoms with Gasteiger partial charge in [0.15, 0.2) is 0 Å². The van der Waals surface area contributed by atoms with Gasteiger partial charge >= 0.3 is 0 Å². The van der Waals surface area contributed by atoms with Gasteiger partial charge in [-0.05, 0) is 36.1 Å². The van der Waals surface area contributed by atoms with E-state index in [4.69, 9.17) is 0 Å². The molecule has 1 aromatic carbocycles. The van der Waals surface area contributed by atoms with Gasteiger partial charge in [-0.15, -0.1) is 11.8 Å². The van der Waals surface area contributed by atoms with Crippen molar-refractivity contribution in [2.45, 2.75) is 11.4 Å². The molecule has 0 radical (unpaired) electrons. The fourth-order valence-electron chi connectivity index (χ4n) is 1.44. The average molecular weight is 230 g/mol. The maximum atomic E-state index is 4.09. The SMILES string of the molecule is CSc1cccc(NCc2cccnc2)c1. The first-order valence-electron chi connectivity index (χ1n) is 5.15. The number of hydrogen-bond donors (Lipinski definition) is 1. The Labute approximate surface area is 100 Å². The molecule has 0 amide bonds. The molecule has 2 rings (SSSR count). The predicted octanol–water partition coefficient (Wildman–Crippen LogP) is 3.42. The Bertz CT molecular complexity index is 443. The van der Waals surface area contributed by atoms with Crippen LogP contribution in [0.15, 0.2) is 53.7 Å². The Balaban J connectivity index is 1.99. The molecule has 0 spiro atoms. The Kier molecular flexibility index (Phi) is 3.83. The van der Waals surface area contributed by atoms with Gasteiger partial charge in [0, 0.05) is 29.5 Å². The van der Waals surface area contributed by atoms with E-state index in [9.17, 15) is 0 Å². The number of nitrogens with one attached hydrogen (secondary N) is 1. The summed E-state index contributed by atoms with van der Waals surface area (Å²) in [5.41, 5.74) is 2.34. The molecule has 0 aliphatic rings. The zero-order chi connectivity index (χ0) is 11.2. The van der Waals surface area contributed by atoms with Gasteiger partial charge in [0.05, 0.1) is 0 Å². The first-order valence-corrected chi connectivity index (χ1v) is 6.38. The van der Waals surface area contributed by atoms with Crippen LogP contribution in [0.2, 0.25) is 0 Å². The minimum absolute atomic E-state index is 0.811. The van der Waals surface area contributed by atoms with E-state index in [2.05, 4.69) is 46.9 Å². The van der Waals surface area contributed by atoms with Crippen molar-refractivity contribution in [2.75, 3.05) is 11.6 Å². The van der Waals surface area contributed by atoms with Crippen LogP contribution < -0.4 is 5.32 Å². The van der Waals surface area contributed by atoms with Crippen molar-refractivity contribution in [3.8, 4) is 0 Å². The molecule has 0 aliphatic heterocycles. The number of benzene rings is 1. The van der Waals surface area contributed by atoms with Crippen LogP contribution in [0.5, 0.6) is 0 Å². The first-order chi connectivity index (χ1) is 7.88. The highest BCUT2D eigenvalue weighted by atomic mass is 32.2. The Hall–Kier alpha value is -1.48. The fourth-order valence-corrected chi connectivity index (χ4v) is 1.90. The second-order valence-corrected chi connectivity index (χ2v) is 4.33. The molecule has 2 aromatic rings. The lowest BCUT2D eigenvalue weighted by atomic mass is 10.2. The topological polar surface area (TPSA) is 24.9 Å². The third-order valence-electron chi connectivity index (χ3n) is 2.29. The zero-order valence-electron chi connectivity index (χ0n) is 9.18. The van der Waals surface area contributed by atoms with Gasteiger partial charge < -0.3 is 5.32 Å². The van der Waals surface area contributed by atoms with Crippen LogP contribution in [0.3, 0.4) is 0 Å². The molecule has 0 atom stereocenters. The molecule has 0 unspecified atom stereocenters. The maximum absolute atomic E-state index is 4.09.